The molecular formula is C25H26N6O3S. The number of nitrogens with zero attached hydrogens (tertiary/aromatic N) is 5. The quantitative estimate of drug-likeness (QED) is 0.301. The van der Waals surface area contributed by atoms with Crippen molar-refractivity contribution in [3.8, 4) is 34.3 Å². The Morgan fingerprint density at radius 2 is 1.94 bits per heavy atom. The Kier molecular flexibility index (Phi) is 6.12. The smallest absolute Gasteiger partial charge is 0.226 e. The molecule has 0 unspecified atom stereocenters. The van der Waals surface area contributed by atoms with Crippen molar-refractivity contribution >= 4 is 22.9 Å². The van der Waals surface area contributed by atoms with Gasteiger partial charge in [0.1, 0.15) is 0 Å². The zero-order valence-corrected chi connectivity index (χ0v) is 21.0. The number of nitrogens with one attached hydrogen (secondary N) is 1. The standard InChI is InChI=1S/C25H26N6O3S/c1-14(2)22-21(28-15(3)35-22)17-13-27-25(26-12-16-8-9-18(32-4)20(11-16)33-5)31-24(17)29-23(30-31)19-7-6-10-34-19/h6-11,13-14H,12H2,1-5H3,(H,26,27). The summed E-state index contributed by atoms with van der Waals surface area (Å²) in [6.07, 6.45) is 3.42. The average molecular weight is 491 g/mol. The van der Waals surface area contributed by atoms with Crippen LogP contribution in [-0.4, -0.2) is 38.8 Å². The van der Waals surface area contributed by atoms with Crippen molar-refractivity contribution in [2.24, 2.45) is 0 Å². The highest BCUT2D eigenvalue weighted by molar-refractivity contribution is 7.12. The fourth-order valence-electron chi connectivity index (χ4n) is 3.87. The minimum Gasteiger partial charge on any atom is -0.493 e. The Labute approximate surface area is 206 Å². The van der Waals surface area contributed by atoms with Crippen molar-refractivity contribution in [3.05, 3.63) is 58.2 Å². The number of aromatic nitrogens is 5. The zero-order valence-electron chi connectivity index (χ0n) is 20.2. The van der Waals surface area contributed by atoms with Crippen LogP contribution in [0, 0.1) is 6.92 Å². The van der Waals surface area contributed by atoms with Gasteiger partial charge in [-0.3, -0.25) is 0 Å². The van der Waals surface area contributed by atoms with Gasteiger partial charge in [-0.05, 0) is 42.7 Å². The summed E-state index contributed by atoms with van der Waals surface area (Å²) in [5, 5.41) is 9.09. The van der Waals surface area contributed by atoms with Crippen LogP contribution in [0.1, 0.15) is 35.2 Å². The molecule has 0 radical (unpaired) electrons. The van der Waals surface area contributed by atoms with Crippen LogP contribution in [0.25, 0.3) is 28.5 Å². The summed E-state index contributed by atoms with van der Waals surface area (Å²) in [7, 11) is 3.24. The number of furan rings is 1. The van der Waals surface area contributed by atoms with Crippen LogP contribution in [0.15, 0.2) is 47.2 Å². The number of methoxy groups -OCH3 is 2. The Hall–Kier alpha value is -3.92. The molecule has 4 aromatic heterocycles. The third kappa shape index (κ3) is 4.32. The maximum absolute atomic E-state index is 5.56. The molecule has 0 aliphatic heterocycles. The highest BCUT2D eigenvalue weighted by Crippen LogP contribution is 2.36. The molecule has 10 heteroatoms. The molecule has 0 atom stereocenters. The van der Waals surface area contributed by atoms with Crippen molar-refractivity contribution < 1.29 is 13.9 Å². The number of aryl methyl sites for hydroxylation is 1. The van der Waals surface area contributed by atoms with Crippen LogP contribution < -0.4 is 14.8 Å². The first-order chi connectivity index (χ1) is 17.0. The van der Waals surface area contributed by atoms with E-state index < -0.39 is 0 Å². The first-order valence-corrected chi connectivity index (χ1v) is 12.0. The Morgan fingerprint density at radius 1 is 1.11 bits per heavy atom. The minimum absolute atomic E-state index is 0.326. The lowest BCUT2D eigenvalue weighted by molar-refractivity contribution is 0.354. The van der Waals surface area contributed by atoms with Crippen molar-refractivity contribution in [2.75, 3.05) is 19.5 Å². The Bertz CT molecular complexity index is 1470. The van der Waals surface area contributed by atoms with E-state index in [-0.39, 0.29) is 0 Å². The number of hydrogen-bond acceptors (Lipinski definition) is 9. The van der Waals surface area contributed by atoms with Crippen LogP contribution in [-0.2, 0) is 6.54 Å². The van der Waals surface area contributed by atoms with E-state index in [0.29, 0.717) is 47.1 Å². The second-order valence-corrected chi connectivity index (χ2v) is 9.52. The van der Waals surface area contributed by atoms with E-state index in [9.17, 15) is 0 Å². The van der Waals surface area contributed by atoms with Crippen molar-refractivity contribution in [1.82, 2.24) is 24.6 Å². The predicted molar refractivity (Wildman–Crippen MR) is 135 cm³/mol. The second kappa shape index (κ2) is 9.38. The predicted octanol–water partition coefficient (Wildman–Crippen LogP) is 5.57. The molecule has 1 aromatic carbocycles. The number of ether oxygens (including phenoxy) is 2. The lowest BCUT2D eigenvalue weighted by atomic mass is 10.1. The summed E-state index contributed by atoms with van der Waals surface area (Å²) in [5.41, 5.74) is 3.39. The van der Waals surface area contributed by atoms with Crippen LogP contribution >= 0.6 is 11.3 Å². The number of anilines is 1. The van der Waals surface area contributed by atoms with Gasteiger partial charge in [0.2, 0.25) is 11.8 Å². The topological polar surface area (TPSA) is 99.6 Å². The van der Waals surface area contributed by atoms with Gasteiger partial charge in [0.05, 0.1) is 36.7 Å². The fourth-order valence-corrected chi connectivity index (χ4v) is 4.81. The van der Waals surface area contributed by atoms with E-state index in [0.717, 1.165) is 21.8 Å². The van der Waals surface area contributed by atoms with Gasteiger partial charge < -0.3 is 19.2 Å². The molecule has 0 aliphatic rings. The van der Waals surface area contributed by atoms with Crippen LogP contribution in [0.4, 0.5) is 5.95 Å². The molecule has 9 nitrogen and oxygen atoms in total. The summed E-state index contributed by atoms with van der Waals surface area (Å²) < 4.78 is 18.0. The largest absolute Gasteiger partial charge is 0.493 e. The summed E-state index contributed by atoms with van der Waals surface area (Å²) in [4.78, 5) is 15.5. The van der Waals surface area contributed by atoms with Crippen LogP contribution in [0.3, 0.4) is 0 Å². The number of benzene rings is 1. The molecular weight excluding hydrogens is 464 g/mol. The van der Waals surface area contributed by atoms with Gasteiger partial charge in [0, 0.05) is 17.6 Å². The van der Waals surface area contributed by atoms with Crippen molar-refractivity contribution in [1.29, 1.82) is 0 Å². The highest BCUT2D eigenvalue weighted by atomic mass is 32.1. The van der Waals surface area contributed by atoms with Gasteiger partial charge in [-0.1, -0.05) is 19.9 Å². The van der Waals surface area contributed by atoms with Gasteiger partial charge in [-0.15, -0.1) is 16.4 Å². The van der Waals surface area contributed by atoms with Gasteiger partial charge in [0.15, 0.2) is 22.9 Å². The molecule has 0 bridgehead atoms. The molecule has 4 heterocycles. The Morgan fingerprint density at radius 3 is 2.66 bits per heavy atom. The molecule has 0 amide bonds. The summed E-state index contributed by atoms with van der Waals surface area (Å²) in [5.74, 6) is 3.30. The normalized spacial score (nSPS) is 11.4. The molecule has 0 fully saturated rings. The summed E-state index contributed by atoms with van der Waals surface area (Å²) in [6, 6.07) is 9.44. The van der Waals surface area contributed by atoms with E-state index in [1.807, 2.05) is 43.5 Å². The molecule has 1 N–H and O–H groups in total. The van der Waals surface area contributed by atoms with E-state index in [1.54, 1.807) is 36.3 Å². The molecule has 0 aliphatic carbocycles. The van der Waals surface area contributed by atoms with E-state index in [4.69, 9.17) is 33.9 Å². The average Bonchev–Trinajstić information content (AvgIpc) is 3.61. The van der Waals surface area contributed by atoms with Gasteiger partial charge in [-0.2, -0.15) is 4.52 Å². The first kappa shape index (κ1) is 22.9. The lowest BCUT2D eigenvalue weighted by Crippen LogP contribution is -2.08. The fraction of sp³-hybridized carbons (Fsp3) is 0.280. The maximum atomic E-state index is 5.56. The molecule has 0 saturated heterocycles. The second-order valence-electron chi connectivity index (χ2n) is 8.29. The molecule has 5 aromatic rings. The molecule has 35 heavy (non-hydrogen) atoms. The number of thiazole rings is 1. The maximum Gasteiger partial charge on any atom is 0.226 e. The summed E-state index contributed by atoms with van der Waals surface area (Å²) in [6.45, 7) is 6.85. The number of rotatable bonds is 8. The monoisotopic (exact) mass is 490 g/mol. The number of hydrogen-bond donors (Lipinski definition) is 1. The van der Waals surface area contributed by atoms with Gasteiger partial charge in [-0.25, -0.2) is 15.0 Å². The van der Waals surface area contributed by atoms with Gasteiger partial charge in [0.25, 0.3) is 0 Å². The molecule has 5 rings (SSSR count). The first-order valence-electron chi connectivity index (χ1n) is 11.2. The van der Waals surface area contributed by atoms with E-state index in [1.165, 1.54) is 4.88 Å². The van der Waals surface area contributed by atoms with E-state index in [2.05, 4.69) is 19.2 Å². The number of fused-ring (bicyclic) bond motifs is 1. The van der Waals surface area contributed by atoms with Gasteiger partial charge >= 0.3 is 0 Å². The molecule has 180 valence electrons. The SMILES string of the molecule is COc1ccc(CNc2ncc(-c3nc(C)sc3C(C)C)c3nc(-c4ccco4)nn23)cc1OC. The Balaban J connectivity index is 1.57. The third-order valence-corrected chi connectivity index (χ3v) is 6.82. The lowest BCUT2D eigenvalue weighted by Gasteiger charge is -2.12. The highest BCUT2D eigenvalue weighted by Gasteiger charge is 2.22. The van der Waals surface area contributed by atoms with Crippen molar-refractivity contribution in [3.63, 3.8) is 0 Å². The molecule has 0 spiro atoms. The third-order valence-electron chi connectivity index (χ3n) is 5.54. The minimum atomic E-state index is 0.326. The zero-order chi connectivity index (χ0) is 24.5. The van der Waals surface area contributed by atoms with E-state index >= 15 is 0 Å². The molecule has 0 saturated carbocycles. The summed E-state index contributed by atoms with van der Waals surface area (Å²) >= 11 is 1.70. The van der Waals surface area contributed by atoms with Crippen LogP contribution in [0.2, 0.25) is 0 Å². The van der Waals surface area contributed by atoms with Crippen LogP contribution in [0.5, 0.6) is 11.5 Å². The van der Waals surface area contributed by atoms with Crippen molar-refractivity contribution in [2.45, 2.75) is 33.2 Å².